The summed E-state index contributed by atoms with van der Waals surface area (Å²) in [5, 5.41) is 5.21. The van der Waals surface area contributed by atoms with Crippen molar-refractivity contribution in [2.24, 2.45) is 0 Å². The van der Waals surface area contributed by atoms with Crippen LogP contribution in [0.2, 0.25) is 0 Å². The molecule has 2 N–H and O–H groups in total. The molecular formula is C19H22N2O5S. The van der Waals surface area contributed by atoms with Gasteiger partial charge in [0.1, 0.15) is 5.60 Å². The number of carbonyl (C=O) groups is 2. The molecule has 0 fully saturated rings. The van der Waals surface area contributed by atoms with Gasteiger partial charge in [-0.15, -0.1) is 0 Å². The molecule has 27 heavy (non-hydrogen) atoms. The van der Waals surface area contributed by atoms with Gasteiger partial charge in [-0.1, -0.05) is 12.1 Å². The van der Waals surface area contributed by atoms with Crippen LogP contribution in [0.4, 0.5) is 16.2 Å². The Morgan fingerprint density at radius 2 is 1.52 bits per heavy atom. The standard InChI is InChI=1S/C19H22N2O5S/c1-19(2,3)26-18(23)21-14-8-5-7-13(11-14)17(22)20-15-9-6-10-16(12-15)27(4,24)25/h5-12H,1-4H3,(H,20,22)(H,21,23). The highest BCUT2D eigenvalue weighted by Gasteiger charge is 2.17. The maximum Gasteiger partial charge on any atom is 0.412 e. The Hall–Kier alpha value is -2.87. The largest absolute Gasteiger partial charge is 0.444 e. The van der Waals surface area contributed by atoms with E-state index in [1.165, 1.54) is 18.2 Å². The SMILES string of the molecule is CC(C)(C)OC(=O)Nc1cccc(C(=O)Nc2cccc(S(C)(=O)=O)c2)c1. The molecule has 0 aromatic heterocycles. The zero-order valence-electron chi connectivity index (χ0n) is 15.6. The second kappa shape index (κ2) is 7.79. The van der Waals surface area contributed by atoms with Crippen LogP contribution < -0.4 is 10.6 Å². The Kier molecular flexibility index (Phi) is 5.90. The Labute approximate surface area is 158 Å². The molecule has 0 saturated heterocycles. The van der Waals surface area contributed by atoms with Crippen LogP contribution in [0, 0.1) is 0 Å². The Morgan fingerprint density at radius 3 is 2.11 bits per heavy atom. The van der Waals surface area contributed by atoms with Gasteiger partial charge in [0.25, 0.3) is 5.91 Å². The first-order valence-corrected chi connectivity index (χ1v) is 10.0. The number of sulfone groups is 1. The van der Waals surface area contributed by atoms with Gasteiger partial charge >= 0.3 is 6.09 Å². The molecule has 0 bridgehead atoms. The fourth-order valence-corrected chi connectivity index (χ4v) is 2.83. The van der Waals surface area contributed by atoms with Gasteiger partial charge in [-0.05, 0) is 57.2 Å². The van der Waals surface area contributed by atoms with Crippen molar-refractivity contribution < 1.29 is 22.7 Å². The van der Waals surface area contributed by atoms with E-state index in [1.54, 1.807) is 51.1 Å². The van der Waals surface area contributed by atoms with Crippen LogP contribution in [-0.4, -0.2) is 32.3 Å². The molecule has 7 nitrogen and oxygen atoms in total. The number of ether oxygens (including phenoxy) is 1. The molecule has 0 unspecified atom stereocenters. The number of anilines is 2. The van der Waals surface area contributed by atoms with Gasteiger partial charge in [-0.25, -0.2) is 13.2 Å². The molecule has 2 aromatic rings. The third-order valence-electron chi connectivity index (χ3n) is 3.29. The van der Waals surface area contributed by atoms with E-state index in [-0.39, 0.29) is 4.90 Å². The highest BCUT2D eigenvalue weighted by atomic mass is 32.2. The van der Waals surface area contributed by atoms with E-state index in [2.05, 4.69) is 10.6 Å². The van der Waals surface area contributed by atoms with E-state index < -0.39 is 27.4 Å². The average Bonchev–Trinajstić information content (AvgIpc) is 2.52. The highest BCUT2D eigenvalue weighted by Crippen LogP contribution is 2.18. The summed E-state index contributed by atoms with van der Waals surface area (Å²) < 4.78 is 28.4. The van der Waals surface area contributed by atoms with Gasteiger partial charge in [0.15, 0.2) is 9.84 Å². The molecule has 0 heterocycles. The van der Waals surface area contributed by atoms with Crippen LogP contribution >= 0.6 is 0 Å². The van der Waals surface area contributed by atoms with Gasteiger partial charge in [-0.2, -0.15) is 0 Å². The zero-order valence-corrected chi connectivity index (χ0v) is 16.4. The maximum atomic E-state index is 12.4. The normalized spacial score (nSPS) is 11.6. The fraction of sp³-hybridized carbons (Fsp3) is 0.263. The molecule has 2 amide bonds. The summed E-state index contributed by atoms with van der Waals surface area (Å²) in [6.07, 6.45) is 0.473. The van der Waals surface area contributed by atoms with E-state index >= 15 is 0 Å². The topological polar surface area (TPSA) is 102 Å². The minimum absolute atomic E-state index is 0.112. The van der Waals surface area contributed by atoms with Crippen LogP contribution in [-0.2, 0) is 14.6 Å². The van der Waals surface area contributed by atoms with Crippen LogP contribution in [0.5, 0.6) is 0 Å². The minimum atomic E-state index is -3.37. The summed E-state index contributed by atoms with van der Waals surface area (Å²) >= 11 is 0. The first-order valence-electron chi connectivity index (χ1n) is 8.15. The van der Waals surface area contributed by atoms with Crippen molar-refractivity contribution >= 4 is 33.2 Å². The molecule has 0 aliphatic rings. The molecule has 0 spiro atoms. The first-order chi connectivity index (χ1) is 12.4. The summed E-state index contributed by atoms with van der Waals surface area (Å²) in [5.41, 5.74) is 0.424. The molecule has 0 atom stereocenters. The van der Waals surface area contributed by atoms with Crippen LogP contribution in [0.25, 0.3) is 0 Å². The average molecular weight is 390 g/mol. The number of benzene rings is 2. The quantitative estimate of drug-likeness (QED) is 0.829. The van der Waals surface area contributed by atoms with Crippen LogP contribution in [0.1, 0.15) is 31.1 Å². The Morgan fingerprint density at radius 1 is 0.926 bits per heavy atom. The predicted octanol–water partition coefficient (Wildman–Crippen LogP) is 3.69. The molecule has 2 rings (SSSR count). The van der Waals surface area contributed by atoms with Gasteiger partial charge in [0.05, 0.1) is 4.90 Å². The molecule has 144 valence electrons. The number of hydrogen-bond acceptors (Lipinski definition) is 5. The second-order valence-electron chi connectivity index (χ2n) is 6.96. The summed E-state index contributed by atoms with van der Waals surface area (Å²) in [5.74, 6) is -0.437. The predicted molar refractivity (Wildman–Crippen MR) is 104 cm³/mol. The molecule has 0 aliphatic heterocycles. The zero-order chi connectivity index (χ0) is 20.2. The molecule has 0 aliphatic carbocycles. The molecule has 0 saturated carbocycles. The van der Waals surface area contributed by atoms with Crippen molar-refractivity contribution in [1.82, 2.24) is 0 Å². The van der Waals surface area contributed by atoms with Crippen LogP contribution in [0.3, 0.4) is 0 Å². The lowest BCUT2D eigenvalue weighted by molar-refractivity contribution is 0.0635. The monoisotopic (exact) mass is 390 g/mol. The van der Waals surface area contributed by atoms with E-state index in [0.717, 1.165) is 6.26 Å². The summed E-state index contributed by atoms with van der Waals surface area (Å²) in [7, 11) is -3.37. The first kappa shape index (κ1) is 20.4. The maximum absolute atomic E-state index is 12.4. The summed E-state index contributed by atoms with van der Waals surface area (Å²) in [6.45, 7) is 5.25. The number of rotatable bonds is 4. The number of hydrogen-bond donors (Lipinski definition) is 2. The number of nitrogens with one attached hydrogen (secondary N) is 2. The lowest BCUT2D eigenvalue weighted by atomic mass is 10.2. The lowest BCUT2D eigenvalue weighted by Crippen LogP contribution is -2.27. The second-order valence-corrected chi connectivity index (χ2v) is 8.98. The molecular weight excluding hydrogens is 368 g/mol. The fourth-order valence-electron chi connectivity index (χ4n) is 2.17. The van der Waals surface area contributed by atoms with Crippen molar-refractivity contribution in [2.75, 3.05) is 16.9 Å². The van der Waals surface area contributed by atoms with Gasteiger partial charge < -0.3 is 10.1 Å². The smallest absolute Gasteiger partial charge is 0.412 e. The number of amides is 2. The lowest BCUT2D eigenvalue weighted by Gasteiger charge is -2.19. The molecule has 8 heteroatoms. The van der Waals surface area contributed by atoms with Gasteiger partial charge in [0, 0.05) is 23.2 Å². The Bertz CT molecular complexity index is 962. The van der Waals surface area contributed by atoms with Crippen molar-refractivity contribution in [2.45, 2.75) is 31.3 Å². The van der Waals surface area contributed by atoms with E-state index in [0.29, 0.717) is 16.9 Å². The molecule has 0 radical (unpaired) electrons. The van der Waals surface area contributed by atoms with Crippen LogP contribution in [0.15, 0.2) is 53.4 Å². The van der Waals surface area contributed by atoms with Gasteiger partial charge in [-0.3, -0.25) is 10.1 Å². The van der Waals surface area contributed by atoms with Crippen molar-refractivity contribution in [3.63, 3.8) is 0 Å². The van der Waals surface area contributed by atoms with E-state index in [4.69, 9.17) is 4.74 Å². The van der Waals surface area contributed by atoms with Crippen molar-refractivity contribution in [3.8, 4) is 0 Å². The van der Waals surface area contributed by atoms with Crippen molar-refractivity contribution in [1.29, 1.82) is 0 Å². The van der Waals surface area contributed by atoms with Crippen molar-refractivity contribution in [3.05, 3.63) is 54.1 Å². The number of carbonyl (C=O) groups excluding carboxylic acids is 2. The summed E-state index contributed by atoms with van der Waals surface area (Å²) in [4.78, 5) is 24.4. The highest BCUT2D eigenvalue weighted by molar-refractivity contribution is 7.90. The van der Waals surface area contributed by atoms with E-state index in [1.807, 2.05) is 0 Å². The van der Waals surface area contributed by atoms with E-state index in [9.17, 15) is 18.0 Å². The molecule has 2 aromatic carbocycles. The third-order valence-corrected chi connectivity index (χ3v) is 4.40. The van der Waals surface area contributed by atoms with Gasteiger partial charge in [0.2, 0.25) is 0 Å². The Balaban J connectivity index is 2.13. The summed E-state index contributed by atoms with van der Waals surface area (Å²) in [6, 6.07) is 12.3. The third kappa shape index (κ3) is 6.41. The minimum Gasteiger partial charge on any atom is -0.444 e.